The zero-order valence-corrected chi connectivity index (χ0v) is 12.1. The van der Waals surface area contributed by atoms with Gasteiger partial charge in [-0.2, -0.15) is 5.10 Å². The van der Waals surface area contributed by atoms with E-state index in [0.717, 1.165) is 11.4 Å². The Kier molecular flexibility index (Phi) is 3.38. The fourth-order valence-corrected chi connectivity index (χ4v) is 2.46. The van der Waals surface area contributed by atoms with Crippen LogP contribution in [0.4, 0.5) is 0 Å². The summed E-state index contributed by atoms with van der Waals surface area (Å²) >= 11 is 0. The molecule has 3 rings (SSSR count). The number of fused-ring (bicyclic) bond motifs is 1. The van der Waals surface area contributed by atoms with Gasteiger partial charge in [-0.3, -0.25) is 4.79 Å². The normalized spacial score (nSPS) is 21.9. The summed E-state index contributed by atoms with van der Waals surface area (Å²) in [4.78, 5) is 16.5. The lowest BCUT2D eigenvalue weighted by molar-refractivity contribution is 0.0264. The lowest BCUT2D eigenvalue weighted by atomic mass is 10.0. The molecule has 0 spiro atoms. The topological polar surface area (TPSA) is 88.8 Å². The van der Waals surface area contributed by atoms with Crippen molar-refractivity contribution in [2.75, 3.05) is 19.8 Å². The minimum absolute atomic E-state index is 0.168. The molecule has 1 unspecified atom stereocenters. The Hall–Kier alpha value is -1.99. The molecule has 2 aromatic heterocycles. The molecule has 7 nitrogen and oxygen atoms in total. The van der Waals surface area contributed by atoms with Gasteiger partial charge >= 0.3 is 0 Å². The van der Waals surface area contributed by atoms with Crippen LogP contribution in [0.3, 0.4) is 0 Å². The molecule has 3 heterocycles. The second kappa shape index (κ2) is 5.09. The van der Waals surface area contributed by atoms with E-state index in [4.69, 9.17) is 4.74 Å². The first-order valence-corrected chi connectivity index (χ1v) is 6.89. The second-order valence-electron chi connectivity index (χ2n) is 5.52. The van der Waals surface area contributed by atoms with Gasteiger partial charge in [0.2, 0.25) is 0 Å². The second-order valence-corrected chi connectivity index (χ2v) is 5.52. The molecule has 1 aliphatic heterocycles. The van der Waals surface area contributed by atoms with Crippen molar-refractivity contribution < 1.29 is 14.6 Å². The molecule has 21 heavy (non-hydrogen) atoms. The van der Waals surface area contributed by atoms with Gasteiger partial charge < -0.3 is 15.2 Å². The lowest BCUT2D eigenvalue weighted by Gasteiger charge is -2.20. The van der Waals surface area contributed by atoms with Gasteiger partial charge in [-0.25, -0.2) is 9.50 Å². The number of amides is 1. The molecule has 2 N–H and O–H groups in total. The van der Waals surface area contributed by atoms with Crippen molar-refractivity contribution in [2.45, 2.75) is 25.9 Å². The third-order valence-corrected chi connectivity index (χ3v) is 3.75. The number of aromatic nitrogens is 3. The molecule has 0 radical (unpaired) electrons. The number of carbonyl (C=O) groups is 1. The van der Waals surface area contributed by atoms with Gasteiger partial charge in [0.15, 0.2) is 5.65 Å². The van der Waals surface area contributed by atoms with Crippen LogP contribution >= 0.6 is 0 Å². The van der Waals surface area contributed by atoms with Crippen molar-refractivity contribution in [2.24, 2.45) is 0 Å². The number of aliphatic hydroxyl groups is 1. The van der Waals surface area contributed by atoms with Crippen LogP contribution in [0.2, 0.25) is 0 Å². The number of aryl methyl sites for hydroxylation is 2. The number of nitrogens with zero attached hydrogens (tertiary/aromatic N) is 3. The molecular weight excluding hydrogens is 272 g/mol. The number of ether oxygens (including phenoxy) is 1. The molecule has 0 bridgehead atoms. The zero-order chi connectivity index (χ0) is 15.0. The summed E-state index contributed by atoms with van der Waals surface area (Å²) < 4.78 is 6.80. The summed E-state index contributed by atoms with van der Waals surface area (Å²) in [5, 5.41) is 17.2. The zero-order valence-electron chi connectivity index (χ0n) is 12.1. The van der Waals surface area contributed by atoms with Crippen molar-refractivity contribution in [3.05, 3.63) is 29.2 Å². The molecule has 0 saturated carbocycles. The highest BCUT2D eigenvalue weighted by Gasteiger charge is 2.32. The van der Waals surface area contributed by atoms with Gasteiger partial charge in [-0.1, -0.05) is 0 Å². The Morgan fingerprint density at radius 3 is 3.10 bits per heavy atom. The van der Waals surface area contributed by atoms with E-state index in [1.807, 2.05) is 19.9 Å². The molecule has 0 aromatic carbocycles. The molecule has 1 aliphatic rings. The van der Waals surface area contributed by atoms with E-state index in [2.05, 4.69) is 15.4 Å². The van der Waals surface area contributed by atoms with Crippen LogP contribution in [0.25, 0.3) is 5.65 Å². The molecule has 1 saturated heterocycles. The van der Waals surface area contributed by atoms with Crippen molar-refractivity contribution in [1.29, 1.82) is 0 Å². The molecule has 0 aliphatic carbocycles. The first-order valence-electron chi connectivity index (χ1n) is 6.89. The Bertz CT molecular complexity index is 689. The Balaban J connectivity index is 1.79. The van der Waals surface area contributed by atoms with Crippen molar-refractivity contribution in [3.63, 3.8) is 0 Å². The largest absolute Gasteiger partial charge is 0.386 e. The van der Waals surface area contributed by atoms with Gasteiger partial charge in [0.1, 0.15) is 5.60 Å². The van der Waals surface area contributed by atoms with Crippen molar-refractivity contribution >= 4 is 11.6 Å². The van der Waals surface area contributed by atoms with E-state index in [1.54, 1.807) is 4.52 Å². The summed E-state index contributed by atoms with van der Waals surface area (Å²) in [6.07, 6.45) is 2.07. The minimum Gasteiger partial charge on any atom is -0.386 e. The average molecular weight is 290 g/mol. The Labute approximate surface area is 121 Å². The number of nitrogens with one attached hydrogen (secondary N) is 1. The molecule has 7 heteroatoms. The molecule has 1 amide bonds. The molecule has 112 valence electrons. The predicted octanol–water partition coefficient (Wildman–Crippen LogP) is 0.227. The summed E-state index contributed by atoms with van der Waals surface area (Å²) in [5.41, 5.74) is 1.77. The van der Waals surface area contributed by atoms with E-state index >= 15 is 0 Å². The van der Waals surface area contributed by atoms with Crippen LogP contribution in [0.15, 0.2) is 12.3 Å². The first kappa shape index (κ1) is 14.0. The summed E-state index contributed by atoms with van der Waals surface area (Å²) in [5.74, 6) is -0.268. The number of hydrogen-bond donors (Lipinski definition) is 2. The fraction of sp³-hybridized carbons (Fsp3) is 0.500. The highest BCUT2D eigenvalue weighted by atomic mass is 16.5. The summed E-state index contributed by atoms with van der Waals surface area (Å²) in [6, 6.07) is 1.85. The maximum atomic E-state index is 12.3. The minimum atomic E-state index is -0.969. The smallest absolute Gasteiger partial charge is 0.254 e. The standard InChI is InChI=1S/C14H18N4O3/c1-9-5-12-15-6-11(10(2)18(12)17-9)13(19)16-7-14(20)3-4-21-8-14/h5-6,20H,3-4,7-8H2,1-2H3,(H,16,19). The van der Waals surface area contributed by atoms with Gasteiger partial charge in [0.05, 0.1) is 23.6 Å². The molecular formula is C14H18N4O3. The van der Waals surface area contributed by atoms with Crippen LogP contribution < -0.4 is 5.32 Å². The monoisotopic (exact) mass is 290 g/mol. The number of carbonyl (C=O) groups excluding carboxylic acids is 1. The third-order valence-electron chi connectivity index (χ3n) is 3.75. The maximum Gasteiger partial charge on any atom is 0.254 e. The first-order chi connectivity index (χ1) is 9.98. The Morgan fingerprint density at radius 2 is 2.38 bits per heavy atom. The van der Waals surface area contributed by atoms with Crippen LogP contribution in [0.1, 0.15) is 28.2 Å². The maximum absolute atomic E-state index is 12.3. The van der Waals surface area contributed by atoms with Gasteiger partial charge in [-0.05, 0) is 13.8 Å². The van der Waals surface area contributed by atoms with Crippen molar-refractivity contribution in [3.8, 4) is 0 Å². The van der Waals surface area contributed by atoms with E-state index in [-0.39, 0.29) is 19.1 Å². The quantitative estimate of drug-likeness (QED) is 0.844. The Morgan fingerprint density at radius 1 is 1.57 bits per heavy atom. The van der Waals surface area contributed by atoms with Crippen molar-refractivity contribution in [1.82, 2.24) is 19.9 Å². The highest BCUT2D eigenvalue weighted by molar-refractivity contribution is 5.95. The highest BCUT2D eigenvalue weighted by Crippen LogP contribution is 2.17. The molecule has 2 aromatic rings. The van der Waals surface area contributed by atoms with Crippen LogP contribution in [-0.4, -0.2) is 51.0 Å². The fourth-order valence-electron chi connectivity index (χ4n) is 2.46. The number of hydrogen-bond acceptors (Lipinski definition) is 5. The average Bonchev–Trinajstić information content (AvgIpc) is 3.03. The predicted molar refractivity (Wildman–Crippen MR) is 75.2 cm³/mol. The van der Waals surface area contributed by atoms with Crippen LogP contribution in [0, 0.1) is 13.8 Å². The van der Waals surface area contributed by atoms with Gasteiger partial charge in [-0.15, -0.1) is 0 Å². The van der Waals surface area contributed by atoms with Gasteiger partial charge in [0.25, 0.3) is 5.91 Å². The van der Waals surface area contributed by atoms with Crippen LogP contribution in [-0.2, 0) is 4.74 Å². The third kappa shape index (κ3) is 2.62. The van der Waals surface area contributed by atoms with Gasteiger partial charge in [0, 0.05) is 31.8 Å². The molecule has 1 atom stereocenters. The summed E-state index contributed by atoms with van der Waals surface area (Å²) in [7, 11) is 0. The SMILES string of the molecule is Cc1cc2ncc(C(=O)NCC3(O)CCOC3)c(C)n2n1. The molecule has 1 fully saturated rings. The van der Waals surface area contributed by atoms with E-state index in [9.17, 15) is 9.90 Å². The van der Waals surface area contributed by atoms with E-state index < -0.39 is 5.60 Å². The van der Waals surface area contributed by atoms with E-state index in [0.29, 0.717) is 24.2 Å². The number of rotatable bonds is 3. The van der Waals surface area contributed by atoms with E-state index in [1.165, 1.54) is 6.20 Å². The lowest BCUT2D eigenvalue weighted by Crippen LogP contribution is -2.43. The summed E-state index contributed by atoms with van der Waals surface area (Å²) in [6.45, 7) is 4.64. The van der Waals surface area contributed by atoms with Crippen LogP contribution in [0.5, 0.6) is 0 Å².